The van der Waals surface area contributed by atoms with Gasteiger partial charge in [0.25, 0.3) is 5.69 Å². The number of nitro groups is 1. The molecular formula is C15H19N3O2. The van der Waals surface area contributed by atoms with Gasteiger partial charge >= 0.3 is 0 Å². The summed E-state index contributed by atoms with van der Waals surface area (Å²) >= 11 is 0. The summed E-state index contributed by atoms with van der Waals surface area (Å²) in [6.07, 6.45) is 6.03. The van der Waals surface area contributed by atoms with Crippen molar-refractivity contribution in [3.63, 3.8) is 0 Å². The topological polar surface area (TPSA) is 49.6 Å². The van der Waals surface area contributed by atoms with Crippen molar-refractivity contribution in [3.8, 4) is 12.3 Å². The molecule has 1 aromatic rings. The van der Waals surface area contributed by atoms with Gasteiger partial charge in [0.1, 0.15) is 5.69 Å². The van der Waals surface area contributed by atoms with Crippen molar-refractivity contribution in [1.29, 1.82) is 0 Å². The third-order valence-electron chi connectivity index (χ3n) is 3.67. The third kappa shape index (κ3) is 3.09. The highest BCUT2D eigenvalue weighted by molar-refractivity contribution is 5.67. The number of benzene rings is 1. The maximum atomic E-state index is 11.2. The summed E-state index contributed by atoms with van der Waals surface area (Å²) in [5.74, 6) is 2.65. The molecule has 1 aliphatic heterocycles. The third-order valence-corrected chi connectivity index (χ3v) is 3.67. The summed E-state index contributed by atoms with van der Waals surface area (Å²) in [5.41, 5.74) is 1.91. The van der Waals surface area contributed by atoms with Crippen LogP contribution >= 0.6 is 0 Å². The quantitative estimate of drug-likeness (QED) is 0.478. The van der Waals surface area contributed by atoms with Crippen LogP contribution in [0.4, 0.5) is 11.4 Å². The molecule has 0 spiro atoms. The van der Waals surface area contributed by atoms with Crippen LogP contribution in [0.15, 0.2) is 18.2 Å². The molecular weight excluding hydrogens is 254 g/mol. The average molecular weight is 273 g/mol. The summed E-state index contributed by atoms with van der Waals surface area (Å²) in [4.78, 5) is 15.3. The first-order valence-electron chi connectivity index (χ1n) is 6.78. The van der Waals surface area contributed by atoms with Gasteiger partial charge in [-0.1, -0.05) is 12.1 Å². The minimum atomic E-state index is -0.299. The van der Waals surface area contributed by atoms with Gasteiger partial charge in [-0.25, -0.2) is 0 Å². The van der Waals surface area contributed by atoms with Gasteiger partial charge in [0.15, 0.2) is 0 Å². The Kier molecular flexibility index (Phi) is 4.59. The van der Waals surface area contributed by atoms with Crippen LogP contribution in [0.5, 0.6) is 0 Å². The Balaban J connectivity index is 2.11. The van der Waals surface area contributed by atoms with Gasteiger partial charge in [0.05, 0.1) is 4.92 Å². The molecule has 0 aromatic heterocycles. The number of aryl methyl sites for hydroxylation is 1. The maximum Gasteiger partial charge on any atom is 0.292 e. The van der Waals surface area contributed by atoms with Gasteiger partial charge < -0.3 is 4.90 Å². The lowest BCUT2D eigenvalue weighted by molar-refractivity contribution is -0.384. The Morgan fingerprint density at radius 1 is 1.35 bits per heavy atom. The molecule has 1 fully saturated rings. The largest absolute Gasteiger partial charge is 0.363 e. The normalized spacial score (nSPS) is 15.9. The van der Waals surface area contributed by atoms with E-state index in [4.69, 9.17) is 6.42 Å². The lowest BCUT2D eigenvalue weighted by Crippen LogP contribution is -2.47. The minimum absolute atomic E-state index is 0.196. The number of para-hydroxylation sites is 1. The first-order valence-corrected chi connectivity index (χ1v) is 6.78. The number of anilines is 1. The van der Waals surface area contributed by atoms with Crippen molar-refractivity contribution in [2.24, 2.45) is 0 Å². The molecule has 1 heterocycles. The minimum Gasteiger partial charge on any atom is -0.363 e. The fourth-order valence-electron chi connectivity index (χ4n) is 2.62. The number of piperazine rings is 1. The molecule has 1 aromatic carbocycles. The van der Waals surface area contributed by atoms with Crippen molar-refractivity contribution < 1.29 is 4.92 Å². The van der Waals surface area contributed by atoms with E-state index in [1.54, 1.807) is 12.1 Å². The molecule has 0 atom stereocenters. The second-order valence-electron chi connectivity index (χ2n) is 4.98. The lowest BCUT2D eigenvalue weighted by Gasteiger charge is -2.36. The SMILES string of the molecule is C#CCCN1CCN(c2c(C)cccc2[N+](=O)[O-])CC1. The van der Waals surface area contributed by atoms with Gasteiger partial charge in [0, 0.05) is 45.2 Å². The first-order chi connectivity index (χ1) is 9.63. The first kappa shape index (κ1) is 14.4. The van der Waals surface area contributed by atoms with Crippen molar-refractivity contribution in [1.82, 2.24) is 4.90 Å². The monoisotopic (exact) mass is 273 g/mol. The van der Waals surface area contributed by atoms with Crippen LogP contribution in [0, 0.1) is 29.4 Å². The standard InChI is InChI=1S/C15H19N3O2/c1-3-4-8-16-9-11-17(12-10-16)15-13(2)6-5-7-14(15)18(19)20/h1,5-7H,4,8-12H2,2H3. The Labute approximate surface area is 119 Å². The van der Waals surface area contributed by atoms with E-state index in [9.17, 15) is 10.1 Å². The molecule has 5 heteroatoms. The van der Waals surface area contributed by atoms with Gasteiger partial charge in [-0.3, -0.25) is 15.0 Å². The van der Waals surface area contributed by atoms with Crippen LogP contribution < -0.4 is 4.90 Å². The van der Waals surface area contributed by atoms with Crippen LogP contribution in [-0.4, -0.2) is 42.5 Å². The zero-order valence-corrected chi connectivity index (χ0v) is 11.7. The molecule has 1 aliphatic rings. The summed E-state index contributed by atoms with van der Waals surface area (Å²) in [7, 11) is 0. The smallest absolute Gasteiger partial charge is 0.292 e. The van der Waals surface area contributed by atoms with E-state index in [1.165, 1.54) is 0 Å². The summed E-state index contributed by atoms with van der Waals surface area (Å²) in [6, 6.07) is 5.24. The van der Waals surface area contributed by atoms with E-state index in [-0.39, 0.29) is 10.6 Å². The molecule has 0 bridgehead atoms. The second-order valence-corrected chi connectivity index (χ2v) is 4.98. The molecule has 0 N–H and O–H groups in total. The Hall–Kier alpha value is -2.06. The number of nitrogens with zero attached hydrogens (tertiary/aromatic N) is 3. The summed E-state index contributed by atoms with van der Waals surface area (Å²) < 4.78 is 0. The Morgan fingerprint density at radius 2 is 2.05 bits per heavy atom. The predicted molar refractivity (Wildman–Crippen MR) is 79.9 cm³/mol. The summed E-state index contributed by atoms with van der Waals surface area (Å²) in [5, 5.41) is 11.2. The van der Waals surface area contributed by atoms with Gasteiger partial charge in [-0.05, 0) is 12.5 Å². The van der Waals surface area contributed by atoms with E-state index < -0.39 is 0 Å². The van der Waals surface area contributed by atoms with Crippen LogP contribution in [0.25, 0.3) is 0 Å². The highest BCUT2D eigenvalue weighted by atomic mass is 16.6. The number of hydrogen-bond donors (Lipinski definition) is 0. The van der Waals surface area contributed by atoms with Crippen molar-refractivity contribution >= 4 is 11.4 Å². The highest BCUT2D eigenvalue weighted by Gasteiger charge is 2.24. The zero-order chi connectivity index (χ0) is 14.5. The number of hydrogen-bond acceptors (Lipinski definition) is 4. The molecule has 20 heavy (non-hydrogen) atoms. The molecule has 0 amide bonds. The van der Waals surface area contributed by atoms with Crippen molar-refractivity contribution in [2.45, 2.75) is 13.3 Å². The highest BCUT2D eigenvalue weighted by Crippen LogP contribution is 2.32. The van der Waals surface area contributed by atoms with Crippen molar-refractivity contribution in [2.75, 3.05) is 37.6 Å². The molecule has 0 radical (unpaired) electrons. The van der Waals surface area contributed by atoms with Gasteiger partial charge in [0.2, 0.25) is 0 Å². The molecule has 5 nitrogen and oxygen atoms in total. The molecule has 1 saturated heterocycles. The zero-order valence-electron chi connectivity index (χ0n) is 11.7. The molecule has 0 saturated carbocycles. The van der Waals surface area contributed by atoms with E-state index in [2.05, 4.69) is 15.7 Å². The van der Waals surface area contributed by atoms with Crippen LogP contribution in [0.2, 0.25) is 0 Å². The Bertz CT molecular complexity index is 528. The summed E-state index contributed by atoms with van der Waals surface area (Å²) in [6.45, 7) is 6.22. The van der Waals surface area contributed by atoms with E-state index in [1.807, 2.05) is 13.0 Å². The average Bonchev–Trinajstić information content (AvgIpc) is 2.45. The molecule has 106 valence electrons. The number of nitro benzene ring substituents is 1. The van der Waals surface area contributed by atoms with E-state index >= 15 is 0 Å². The van der Waals surface area contributed by atoms with Crippen LogP contribution in [-0.2, 0) is 0 Å². The molecule has 0 unspecified atom stereocenters. The van der Waals surface area contributed by atoms with E-state index in [0.29, 0.717) is 0 Å². The molecule has 2 rings (SSSR count). The number of terminal acetylenes is 1. The number of rotatable bonds is 4. The predicted octanol–water partition coefficient (Wildman–Crippen LogP) is 2.05. The van der Waals surface area contributed by atoms with Crippen molar-refractivity contribution in [3.05, 3.63) is 33.9 Å². The lowest BCUT2D eigenvalue weighted by atomic mass is 10.1. The fourth-order valence-corrected chi connectivity index (χ4v) is 2.62. The van der Waals surface area contributed by atoms with Crippen LogP contribution in [0.3, 0.4) is 0 Å². The molecule has 0 aliphatic carbocycles. The van der Waals surface area contributed by atoms with Gasteiger partial charge in [-0.15, -0.1) is 12.3 Å². The second kappa shape index (κ2) is 6.40. The fraction of sp³-hybridized carbons (Fsp3) is 0.467. The maximum absolute atomic E-state index is 11.2. The Morgan fingerprint density at radius 3 is 2.65 bits per heavy atom. The van der Waals surface area contributed by atoms with Gasteiger partial charge in [-0.2, -0.15) is 0 Å². The van der Waals surface area contributed by atoms with E-state index in [0.717, 1.165) is 50.4 Å². The van der Waals surface area contributed by atoms with Crippen LogP contribution in [0.1, 0.15) is 12.0 Å².